The molecule has 6 heteroatoms. The van der Waals surface area contributed by atoms with Gasteiger partial charge in [-0.05, 0) is 30.7 Å². The van der Waals surface area contributed by atoms with Crippen molar-refractivity contribution in [3.63, 3.8) is 0 Å². The van der Waals surface area contributed by atoms with Gasteiger partial charge in [0.15, 0.2) is 6.35 Å². The molecule has 1 saturated heterocycles. The van der Waals surface area contributed by atoms with E-state index in [1.54, 1.807) is 6.07 Å². The minimum absolute atomic E-state index is 0.100. The summed E-state index contributed by atoms with van der Waals surface area (Å²) in [6.45, 7) is 8.02. The van der Waals surface area contributed by atoms with E-state index >= 15 is 0 Å². The lowest BCUT2D eigenvalue weighted by molar-refractivity contribution is 0.0660. The SMILES string of the molecule is C=C(C)/C=C(\CC)OC[P@@]1(=O)OCC[C@@H](c2cccc(Cl)c2)O1. The number of benzene rings is 1. The van der Waals surface area contributed by atoms with Crippen LogP contribution in [0.4, 0.5) is 0 Å². The van der Waals surface area contributed by atoms with Gasteiger partial charge in [0.2, 0.25) is 0 Å². The summed E-state index contributed by atoms with van der Waals surface area (Å²) < 4.78 is 29.5. The molecular formula is C17H22ClO4P. The maximum atomic E-state index is 12.8. The molecular weight excluding hydrogens is 335 g/mol. The van der Waals surface area contributed by atoms with Gasteiger partial charge in [0.1, 0.15) is 0 Å². The van der Waals surface area contributed by atoms with Crippen LogP contribution in [0.5, 0.6) is 0 Å². The second kappa shape index (κ2) is 8.16. The first-order valence-corrected chi connectivity index (χ1v) is 9.69. The average molecular weight is 357 g/mol. The number of rotatable bonds is 6. The zero-order chi connectivity index (χ0) is 16.9. The topological polar surface area (TPSA) is 44.8 Å². The highest BCUT2D eigenvalue weighted by molar-refractivity contribution is 7.53. The standard InChI is InChI=1S/C17H22ClO4P/c1-4-16(10-13(2)3)20-12-23(19)21-9-8-17(22-23)14-6-5-7-15(18)11-14/h5-7,10-11,17H,2,4,8-9,12H2,1,3H3/b16-10+/t17-,23+/m0/s1. The lowest BCUT2D eigenvalue weighted by Crippen LogP contribution is -2.16. The maximum absolute atomic E-state index is 12.8. The third-order valence-corrected chi connectivity index (χ3v) is 5.17. The number of ether oxygens (including phenoxy) is 1. The Morgan fingerprint density at radius 1 is 1.57 bits per heavy atom. The number of allylic oxidation sites excluding steroid dienone is 3. The zero-order valence-corrected chi connectivity index (χ0v) is 15.1. The van der Waals surface area contributed by atoms with Crippen LogP contribution in [-0.2, 0) is 18.3 Å². The Morgan fingerprint density at radius 3 is 3.00 bits per heavy atom. The molecule has 0 amide bonds. The Morgan fingerprint density at radius 2 is 2.35 bits per heavy atom. The first-order chi connectivity index (χ1) is 10.9. The van der Waals surface area contributed by atoms with E-state index < -0.39 is 7.60 Å². The van der Waals surface area contributed by atoms with E-state index in [1.165, 1.54) is 0 Å². The molecule has 4 nitrogen and oxygen atoms in total. The van der Waals surface area contributed by atoms with Gasteiger partial charge >= 0.3 is 7.60 Å². The van der Waals surface area contributed by atoms with E-state index in [9.17, 15) is 4.57 Å². The molecule has 1 fully saturated rings. The highest BCUT2D eigenvalue weighted by atomic mass is 35.5. The fourth-order valence-corrected chi connectivity index (χ4v) is 3.98. The molecule has 0 saturated carbocycles. The van der Waals surface area contributed by atoms with Crippen molar-refractivity contribution < 1.29 is 18.3 Å². The summed E-state index contributed by atoms with van der Waals surface area (Å²) in [6.07, 6.45) is 2.74. The third-order valence-electron chi connectivity index (χ3n) is 3.34. The smallest absolute Gasteiger partial charge is 0.368 e. The van der Waals surface area contributed by atoms with Crippen molar-refractivity contribution >= 4 is 19.2 Å². The average Bonchev–Trinajstić information content (AvgIpc) is 2.51. The summed E-state index contributed by atoms with van der Waals surface area (Å²) in [7, 11) is -3.30. The molecule has 0 N–H and O–H groups in total. The lowest BCUT2D eigenvalue weighted by Gasteiger charge is -2.30. The second-order valence-corrected chi connectivity index (χ2v) is 7.85. The molecule has 126 valence electrons. The first kappa shape index (κ1) is 18.3. The van der Waals surface area contributed by atoms with Crippen molar-refractivity contribution in [2.24, 2.45) is 0 Å². The maximum Gasteiger partial charge on any atom is 0.368 e. The van der Waals surface area contributed by atoms with Gasteiger partial charge < -0.3 is 9.26 Å². The van der Waals surface area contributed by atoms with Crippen molar-refractivity contribution in [3.05, 3.63) is 58.8 Å². The second-order valence-electron chi connectivity index (χ2n) is 5.47. The molecule has 1 aliphatic heterocycles. The highest BCUT2D eigenvalue weighted by Crippen LogP contribution is 2.56. The molecule has 0 aliphatic carbocycles. The van der Waals surface area contributed by atoms with Crippen LogP contribution >= 0.6 is 19.2 Å². The molecule has 1 heterocycles. The molecule has 1 aliphatic rings. The van der Waals surface area contributed by atoms with Crippen molar-refractivity contribution in [3.8, 4) is 0 Å². The van der Waals surface area contributed by atoms with Crippen LogP contribution in [0.1, 0.15) is 38.4 Å². The van der Waals surface area contributed by atoms with Crippen LogP contribution < -0.4 is 0 Å². The number of hydrogen-bond donors (Lipinski definition) is 0. The van der Waals surface area contributed by atoms with E-state index in [4.69, 9.17) is 25.4 Å². The zero-order valence-electron chi connectivity index (χ0n) is 13.5. The minimum atomic E-state index is -3.30. The molecule has 1 aromatic carbocycles. The Hall–Kier alpha value is -1.06. The number of halogens is 1. The van der Waals surface area contributed by atoms with Crippen molar-refractivity contribution in [2.75, 3.05) is 13.0 Å². The van der Waals surface area contributed by atoms with Crippen LogP contribution in [0.25, 0.3) is 0 Å². The molecule has 0 radical (unpaired) electrons. The van der Waals surface area contributed by atoms with Gasteiger partial charge in [-0.1, -0.05) is 42.8 Å². The van der Waals surface area contributed by atoms with Crippen LogP contribution in [0.3, 0.4) is 0 Å². The summed E-state index contributed by atoms with van der Waals surface area (Å²) >= 11 is 6.01. The van der Waals surface area contributed by atoms with Gasteiger partial charge in [-0.2, -0.15) is 0 Å². The van der Waals surface area contributed by atoms with E-state index in [0.29, 0.717) is 30.2 Å². The van der Waals surface area contributed by atoms with Gasteiger partial charge in [0.05, 0.1) is 18.5 Å². The molecule has 1 aromatic rings. The fourth-order valence-electron chi connectivity index (χ4n) is 2.26. The van der Waals surface area contributed by atoms with E-state index in [0.717, 1.165) is 11.1 Å². The Balaban J connectivity index is 2.04. The van der Waals surface area contributed by atoms with Gasteiger partial charge in [-0.3, -0.25) is 9.09 Å². The molecule has 0 spiro atoms. The van der Waals surface area contributed by atoms with Crippen molar-refractivity contribution in [1.82, 2.24) is 0 Å². The predicted octanol–water partition coefficient (Wildman–Crippen LogP) is 5.86. The largest absolute Gasteiger partial charge is 0.485 e. The summed E-state index contributed by atoms with van der Waals surface area (Å²) in [5.74, 6) is 0.713. The quantitative estimate of drug-likeness (QED) is 0.364. The minimum Gasteiger partial charge on any atom is -0.485 e. The van der Waals surface area contributed by atoms with Gasteiger partial charge in [0.25, 0.3) is 0 Å². The van der Waals surface area contributed by atoms with Crippen molar-refractivity contribution in [2.45, 2.75) is 32.8 Å². The molecule has 23 heavy (non-hydrogen) atoms. The summed E-state index contributed by atoms with van der Waals surface area (Å²) in [5.41, 5.74) is 1.77. The van der Waals surface area contributed by atoms with Crippen molar-refractivity contribution in [1.29, 1.82) is 0 Å². The Bertz CT molecular complexity index is 641. The molecule has 0 unspecified atom stereocenters. The molecule has 0 aromatic heterocycles. The van der Waals surface area contributed by atoms with E-state index in [-0.39, 0.29) is 12.5 Å². The van der Waals surface area contributed by atoms with E-state index in [1.807, 2.05) is 38.1 Å². The summed E-state index contributed by atoms with van der Waals surface area (Å²) in [5, 5.41) is 0.626. The van der Waals surface area contributed by atoms with Crippen LogP contribution in [0.15, 0.2) is 48.3 Å². The highest BCUT2D eigenvalue weighted by Gasteiger charge is 2.35. The Labute approximate surface area is 142 Å². The van der Waals surface area contributed by atoms with Crippen LogP contribution in [0, 0.1) is 0 Å². The van der Waals surface area contributed by atoms with E-state index in [2.05, 4.69) is 6.58 Å². The molecule has 0 bridgehead atoms. The predicted molar refractivity (Wildman–Crippen MR) is 92.6 cm³/mol. The lowest BCUT2D eigenvalue weighted by atomic mass is 10.1. The molecule has 2 atom stereocenters. The molecule has 2 rings (SSSR count). The summed E-state index contributed by atoms with van der Waals surface area (Å²) in [4.78, 5) is 0. The fraction of sp³-hybridized carbons (Fsp3) is 0.412. The number of hydrogen-bond acceptors (Lipinski definition) is 4. The van der Waals surface area contributed by atoms with Crippen LogP contribution in [-0.4, -0.2) is 13.0 Å². The van der Waals surface area contributed by atoms with Crippen LogP contribution in [0.2, 0.25) is 5.02 Å². The normalized spacial score (nSPS) is 25.2. The van der Waals surface area contributed by atoms with Gasteiger partial charge in [-0.25, -0.2) is 0 Å². The third kappa shape index (κ3) is 5.50. The summed E-state index contributed by atoms with van der Waals surface area (Å²) in [6, 6.07) is 7.37. The monoisotopic (exact) mass is 356 g/mol. The van der Waals surface area contributed by atoms with Gasteiger partial charge in [0, 0.05) is 17.9 Å². The Kier molecular flexibility index (Phi) is 6.49. The first-order valence-electron chi connectivity index (χ1n) is 7.58. The van der Waals surface area contributed by atoms with Gasteiger partial charge in [-0.15, -0.1) is 0 Å².